The minimum absolute atomic E-state index is 0.0920. The van der Waals surface area contributed by atoms with Gasteiger partial charge in [-0.1, -0.05) is 31.5 Å². The normalized spacial score (nSPS) is 11.2. The first-order chi connectivity index (χ1) is 15.6. The van der Waals surface area contributed by atoms with E-state index in [2.05, 4.69) is 11.9 Å². The molecule has 0 atom stereocenters. The molecule has 0 saturated heterocycles. The first kappa shape index (κ1) is 26.3. The maximum atomic E-state index is 13.3. The quantitative estimate of drug-likeness (QED) is 0.372. The van der Waals surface area contributed by atoms with Crippen molar-refractivity contribution in [1.29, 1.82) is 0 Å². The highest BCUT2D eigenvalue weighted by molar-refractivity contribution is 7.93. The maximum absolute atomic E-state index is 13.3. The Kier molecular flexibility index (Phi) is 9.43. The first-order valence-corrected chi connectivity index (χ1v) is 12.0. The molecule has 2 rings (SSSR count). The summed E-state index contributed by atoms with van der Waals surface area (Å²) in [5, 5.41) is 2.52. The third-order valence-electron chi connectivity index (χ3n) is 4.52. The number of esters is 1. The van der Waals surface area contributed by atoms with Crippen molar-refractivity contribution in [2.24, 2.45) is 5.92 Å². The van der Waals surface area contributed by atoms with Gasteiger partial charge in [-0.05, 0) is 54.8 Å². The van der Waals surface area contributed by atoms with Gasteiger partial charge >= 0.3 is 5.97 Å². The second-order valence-electron chi connectivity index (χ2n) is 7.56. The number of benzene rings is 2. The van der Waals surface area contributed by atoms with E-state index in [1.54, 1.807) is 0 Å². The number of ether oxygens (including phenoxy) is 1. The minimum atomic E-state index is -4.25. The zero-order valence-corrected chi connectivity index (χ0v) is 20.0. The zero-order valence-electron chi connectivity index (χ0n) is 18.4. The van der Waals surface area contributed by atoms with Crippen LogP contribution in [0.2, 0.25) is 5.02 Å². The lowest BCUT2D eigenvalue weighted by Gasteiger charge is -2.24. The van der Waals surface area contributed by atoms with E-state index >= 15 is 0 Å². The van der Waals surface area contributed by atoms with Gasteiger partial charge in [0.15, 0.2) is 6.61 Å². The molecule has 2 aromatic carbocycles. The van der Waals surface area contributed by atoms with Crippen LogP contribution in [-0.4, -0.2) is 40.0 Å². The molecule has 33 heavy (non-hydrogen) atoms. The Bertz CT molecular complexity index is 1100. The lowest BCUT2D eigenvalue weighted by Crippen LogP contribution is -2.32. The molecule has 0 heterocycles. The van der Waals surface area contributed by atoms with E-state index in [4.69, 9.17) is 16.3 Å². The Morgan fingerprint density at radius 1 is 1.21 bits per heavy atom. The maximum Gasteiger partial charge on any atom is 0.338 e. The summed E-state index contributed by atoms with van der Waals surface area (Å²) in [6.07, 6.45) is 2.15. The van der Waals surface area contributed by atoms with Gasteiger partial charge in [0.2, 0.25) is 0 Å². The molecular weight excluding hydrogens is 471 g/mol. The summed E-state index contributed by atoms with van der Waals surface area (Å²) in [7, 11) is -4.25. The molecule has 2 aromatic rings. The van der Waals surface area contributed by atoms with Gasteiger partial charge < -0.3 is 10.1 Å². The molecule has 0 bridgehead atoms. The minimum Gasteiger partial charge on any atom is -0.452 e. The first-order valence-electron chi connectivity index (χ1n) is 10.2. The summed E-state index contributed by atoms with van der Waals surface area (Å²) in [6.45, 7) is 7.44. The summed E-state index contributed by atoms with van der Waals surface area (Å²) < 4.78 is 45.9. The van der Waals surface area contributed by atoms with E-state index in [0.717, 1.165) is 28.9 Å². The Balaban J connectivity index is 2.23. The molecule has 7 nitrogen and oxygen atoms in total. The number of carbonyl (C=O) groups excluding carboxylic acids is 2. The van der Waals surface area contributed by atoms with E-state index in [1.165, 1.54) is 30.3 Å². The van der Waals surface area contributed by atoms with E-state index < -0.39 is 34.3 Å². The smallest absolute Gasteiger partial charge is 0.338 e. The van der Waals surface area contributed by atoms with Crippen LogP contribution in [0, 0.1) is 11.7 Å². The number of rotatable bonds is 11. The average Bonchev–Trinajstić information content (AvgIpc) is 2.76. The van der Waals surface area contributed by atoms with E-state index in [-0.39, 0.29) is 27.7 Å². The Labute approximate surface area is 198 Å². The van der Waals surface area contributed by atoms with Crippen molar-refractivity contribution in [3.8, 4) is 0 Å². The van der Waals surface area contributed by atoms with E-state index in [9.17, 15) is 22.4 Å². The number of hydrogen-bond donors (Lipinski definition) is 1. The standard InChI is InChI=1S/C23H26ClFN2O5S/c1-4-13-27(19-8-6-18(25)7-9-19)33(30,31)21-14-17(5-10-20(21)24)23(29)32-15-22(28)26-12-11-16(2)3/h4-10,14,16H,1,11-13,15H2,2-3H3,(H,26,28). The van der Waals surface area contributed by atoms with Crippen molar-refractivity contribution in [2.45, 2.75) is 25.2 Å². The van der Waals surface area contributed by atoms with Gasteiger partial charge in [-0.15, -0.1) is 6.58 Å². The Morgan fingerprint density at radius 2 is 1.88 bits per heavy atom. The molecule has 0 saturated carbocycles. The number of anilines is 1. The predicted molar refractivity (Wildman–Crippen MR) is 125 cm³/mol. The highest BCUT2D eigenvalue weighted by Crippen LogP contribution is 2.29. The van der Waals surface area contributed by atoms with Gasteiger partial charge in [0.1, 0.15) is 10.7 Å². The van der Waals surface area contributed by atoms with Crippen molar-refractivity contribution < 1.29 is 27.1 Å². The van der Waals surface area contributed by atoms with Crippen LogP contribution in [-0.2, 0) is 19.6 Å². The number of nitrogens with one attached hydrogen (secondary N) is 1. The SMILES string of the molecule is C=CCN(c1ccc(F)cc1)S(=O)(=O)c1cc(C(=O)OCC(=O)NCCC(C)C)ccc1Cl. The van der Waals surface area contributed by atoms with Crippen molar-refractivity contribution in [3.63, 3.8) is 0 Å². The molecule has 178 valence electrons. The van der Waals surface area contributed by atoms with Gasteiger partial charge in [-0.3, -0.25) is 9.10 Å². The molecule has 1 amide bonds. The average molecular weight is 497 g/mol. The predicted octanol–water partition coefficient (Wildman–Crippen LogP) is 4.18. The number of carbonyl (C=O) groups is 2. The van der Waals surface area contributed by atoms with Crippen LogP contribution in [0.15, 0.2) is 60.0 Å². The van der Waals surface area contributed by atoms with Crippen LogP contribution in [0.4, 0.5) is 10.1 Å². The number of amides is 1. The lowest BCUT2D eigenvalue weighted by atomic mass is 10.1. The highest BCUT2D eigenvalue weighted by atomic mass is 35.5. The monoisotopic (exact) mass is 496 g/mol. The lowest BCUT2D eigenvalue weighted by molar-refractivity contribution is -0.124. The summed E-state index contributed by atoms with van der Waals surface area (Å²) in [4.78, 5) is 23.9. The fourth-order valence-corrected chi connectivity index (χ4v) is 4.72. The molecule has 0 aliphatic heterocycles. The van der Waals surface area contributed by atoms with Crippen LogP contribution in [0.1, 0.15) is 30.6 Å². The largest absolute Gasteiger partial charge is 0.452 e. The molecule has 1 N–H and O–H groups in total. The third kappa shape index (κ3) is 7.30. The van der Waals surface area contributed by atoms with Crippen molar-refractivity contribution >= 4 is 39.2 Å². The Morgan fingerprint density at radius 3 is 2.48 bits per heavy atom. The van der Waals surface area contributed by atoms with Crippen LogP contribution in [0.25, 0.3) is 0 Å². The van der Waals surface area contributed by atoms with Crippen LogP contribution in [0.3, 0.4) is 0 Å². The molecule has 0 aromatic heterocycles. The molecular formula is C23H26ClFN2O5S. The van der Waals surface area contributed by atoms with Crippen molar-refractivity contribution in [2.75, 3.05) is 24.0 Å². The van der Waals surface area contributed by atoms with Crippen molar-refractivity contribution in [3.05, 3.63) is 71.5 Å². The number of nitrogens with zero attached hydrogens (tertiary/aromatic N) is 1. The fourth-order valence-electron chi connectivity index (χ4n) is 2.78. The molecule has 0 spiro atoms. The zero-order chi connectivity index (χ0) is 24.6. The molecule has 0 aliphatic rings. The van der Waals surface area contributed by atoms with Gasteiger partial charge in [0, 0.05) is 6.54 Å². The highest BCUT2D eigenvalue weighted by Gasteiger charge is 2.28. The van der Waals surface area contributed by atoms with Crippen LogP contribution < -0.4 is 9.62 Å². The molecule has 10 heteroatoms. The second kappa shape index (κ2) is 11.8. The van der Waals surface area contributed by atoms with Crippen molar-refractivity contribution in [1.82, 2.24) is 5.32 Å². The van der Waals surface area contributed by atoms with Gasteiger partial charge in [-0.25, -0.2) is 17.6 Å². The van der Waals surface area contributed by atoms with Gasteiger partial charge in [0.25, 0.3) is 15.9 Å². The number of halogens is 2. The second-order valence-corrected chi connectivity index (χ2v) is 9.79. The third-order valence-corrected chi connectivity index (χ3v) is 6.80. The van der Waals surface area contributed by atoms with Gasteiger partial charge in [-0.2, -0.15) is 0 Å². The fraction of sp³-hybridized carbons (Fsp3) is 0.304. The summed E-state index contributed by atoms with van der Waals surface area (Å²) >= 11 is 6.14. The summed E-state index contributed by atoms with van der Waals surface area (Å²) in [5.41, 5.74) is 0.101. The van der Waals surface area contributed by atoms with E-state index in [1.807, 2.05) is 13.8 Å². The summed E-state index contributed by atoms with van der Waals surface area (Å²) in [6, 6.07) is 8.50. The molecule has 0 aliphatic carbocycles. The van der Waals surface area contributed by atoms with Gasteiger partial charge in [0.05, 0.1) is 22.8 Å². The summed E-state index contributed by atoms with van der Waals surface area (Å²) in [5.74, 6) is -1.44. The molecule has 0 fully saturated rings. The number of sulfonamides is 1. The Hall–Kier alpha value is -2.91. The topological polar surface area (TPSA) is 92.8 Å². The molecule has 0 radical (unpaired) electrons. The van der Waals surface area contributed by atoms with Crippen LogP contribution >= 0.6 is 11.6 Å². The molecule has 0 unspecified atom stereocenters. The van der Waals surface area contributed by atoms with Crippen LogP contribution in [0.5, 0.6) is 0 Å². The van der Waals surface area contributed by atoms with E-state index in [0.29, 0.717) is 12.5 Å². The number of hydrogen-bond acceptors (Lipinski definition) is 5.